The van der Waals surface area contributed by atoms with Gasteiger partial charge in [-0.15, -0.1) is 0 Å². The zero-order chi connectivity index (χ0) is 12.8. The quantitative estimate of drug-likeness (QED) is 0.648. The number of hydrogen-bond acceptors (Lipinski definition) is 5. The minimum Gasteiger partial charge on any atom is -0.480 e. The van der Waals surface area contributed by atoms with E-state index in [0.717, 1.165) is 0 Å². The summed E-state index contributed by atoms with van der Waals surface area (Å²) in [6.07, 6.45) is 1.36. The molecule has 0 bridgehead atoms. The summed E-state index contributed by atoms with van der Waals surface area (Å²) in [6.45, 7) is 1.93. The lowest BCUT2D eigenvalue weighted by molar-refractivity contribution is -0.142. The van der Waals surface area contributed by atoms with Crippen molar-refractivity contribution in [3.8, 4) is 0 Å². The van der Waals surface area contributed by atoms with Crippen molar-refractivity contribution in [1.82, 2.24) is 19.7 Å². The van der Waals surface area contributed by atoms with Gasteiger partial charge in [0.25, 0.3) is 0 Å². The number of aliphatic carboxylic acids is 2. The summed E-state index contributed by atoms with van der Waals surface area (Å²) < 4.78 is 1.59. The molecule has 17 heavy (non-hydrogen) atoms. The Hall–Kier alpha value is -1.96. The molecule has 1 aromatic rings. The van der Waals surface area contributed by atoms with E-state index in [4.69, 9.17) is 10.2 Å². The molecule has 0 fully saturated rings. The molecule has 0 saturated heterocycles. The molecule has 0 amide bonds. The second kappa shape index (κ2) is 5.94. The number of carboxylic acid groups (broad SMARTS) is 2. The molecule has 0 radical (unpaired) electrons. The molecule has 0 aliphatic carbocycles. The van der Waals surface area contributed by atoms with Crippen LogP contribution in [0, 0.1) is 0 Å². The van der Waals surface area contributed by atoms with Crippen LogP contribution in [0.5, 0.6) is 0 Å². The van der Waals surface area contributed by atoms with Crippen LogP contribution in [0.15, 0.2) is 6.33 Å². The highest BCUT2D eigenvalue weighted by Crippen LogP contribution is 2.01. The topological polar surface area (TPSA) is 109 Å². The Morgan fingerprint density at radius 2 is 1.94 bits per heavy atom. The maximum Gasteiger partial charge on any atom is 0.317 e. The first-order valence-electron chi connectivity index (χ1n) is 5.05. The Morgan fingerprint density at radius 1 is 1.35 bits per heavy atom. The van der Waals surface area contributed by atoms with Gasteiger partial charge in [-0.1, -0.05) is 0 Å². The minimum absolute atomic E-state index is 0.145. The molecule has 0 saturated carbocycles. The molecule has 1 aromatic heterocycles. The van der Waals surface area contributed by atoms with Crippen molar-refractivity contribution in [1.29, 1.82) is 0 Å². The summed E-state index contributed by atoms with van der Waals surface area (Å²) in [5.74, 6) is -1.60. The summed E-state index contributed by atoms with van der Waals surface area (Å²) >= 11 is 0. The van der Waals surface area contributed by atoms with Crippen LogP contribution in [0.1, 0.15) is 12.7 Å². The Bertz CT molecular complexity index is 387. The molecule has 0 spiro atoms. The van der Waals surface area contributed by atoms with Crippen LogP contribution in [-0.2, 0) is 22.7 Å². The molecule has 1 rings (SSSR count). The molecule has 94 valence electrons. The van der Waals surface area contributed by atoms with Gasteiger partial charge < -0.3 is 10.2 Å². The molecule has 0 aliphatic rings. The van der Waals surface area contributed by atoms with E-state index in [1.54, 1.807) is 4.68 Å². The number of carboxylic acids is 2. The van der Waals surface area contributed by atoms with Crippen molar-refractivity contribution in [2.45, 2.75) is 20.0 Å². The third-order valence-corrected chi connectivity index (χ3v) is 2.08. The maximum absolute atomic E-state index is 10.6. The second-order valence-electron chi connectivity index (χ2n) is 3.42. The van der Waals surface area contributed by atoms with Gasteiger partial charge in [0, 0.05) is 6.54 Å². The number of nitrogens with zero attached hydrogens (tertiary/aromatic N) is 4. The largest absolute Gasteiger partial charge is 0.480 e. The lowest BCUT2D eigenvalue weighted by atomic mass is 10.4. The smallest absolute Gasteiger partial charge is 0.317 e. The van der Waals surface area contributed by atoms with E-state index in [9.17, 15) is 9.59 Å². The minimum atomic E-state index is -1.08. The van der Waals surface area contributed by atoms with Gasteiger partial charge in [0.05, 0.1) is 19.6 Å². The van der Waals surface area contributed by atoms with E-state index in [-0.39, 0.29) is 19.6 Å². The van der Waals surface area contributed by atoms with Gasteiger partial charge in [0.2, 0.25) is 0 Å². The van der Waals surface area contributed by atoms with Crippen molar-refractivity contribution in [2.75, 3.05) is 13.1 Å². The summed E-state index contributed by atoms with van der Waals surface area (Å²) in [4.78, 5) is 26.4. The van der Waals surface area contributed by atoms with Gasteiger partial charge >= 0.3 is 11.9 Å². The summed E-state index contributed by atoms with van der Waals surface area (Å²) in [6, 6.07) is 0. The number of aromatic nitrogens is 3. The monoisotopic (exact) mass is 242 g/mol. The van der Waals surface area contributed by atoms with E-state index in [1.165, 1.54) is 11.2 Å². The molecule has 0 unspecified atom stereocenters. The fraction of sp³-hybridized carbons (Fsp3) is 0.556. The first kappa shape index (κ1) is 13.1. The lowest BCUT2D eigenvalue weighted by Gasteiger charge is -2.17. The predicted octanol–water partition coefficient (Wildman–Crippen LogP) is -0.731. The number of aryl methyl sites for hydroxylation is 1. The molecular formula is C9H14N4O4. The van der Waals surface area contributed by atoms with E-state index < -0.39 is 11.9 Å². The van der Waals surface area contributed by atoms with Crippen molar-refractivity contribution >= 4 is 11.9 Å². The van der Waals surface area contributed by atoms with Gasteiger partial charge in [-0.05, 0) is 6.92 Å². The Kier molecular flexibility index (Phi) is 4.58. The number of rotatable bonds is 7. The first-order chi connectivity index (χ1) is 8.02. The lowest BCUT2D eigenvalue weighted by Crippen LogP contribution is -2.34. The zero-order valence-corrected chi connectivity index (χ0v) is 9.41. The van der Waals surface area contributed by atoms with E-state index in [1.807, 2.05) is 6.92 Å². The molecule has 0 aromatic carbocycles. The van der Waals surface area contributed by atoms with Gasteiger partial charge in [0.15, 0.2) is 0 Å². The van der Waals surface area contributed by atoms with Crippen molar-refractivity contribution < 1.29 is 19.8 Å². The normalized spacial score (nSPS) is 10.7. The van der Waals surface area contributed by atoms with Crippen molar-refractivity contribution in [2.24, 2.45) is 0 Å². The second-order valence-corrected chi connectivity index (χ2v) is 3.42. The van der Waals surface area contributed by atoms with E-state index >= 15 is 0 Å². The molecule has 1 heterocycles. The van der Waals surface area contributed by atoms with E-state index in [0.29, 0.717) is 12.4 Å². The zero-order valence-electron chi connectivity index (χ0n) is 9.41. The van der Waals surface area contributed by atoms with Gasteiger partial charge in [-0.25, -0.2) is 9.67 Å². The molecule has 0 aliphatic heterocycles. The maximum atomic E-state index is 10.6. The van der Waals surface area contributed by atoms with Crippen LogP contribution in [0.2, 0.25) is 0 Å². The standard InChI is InChI=1S/C9H14N4O4/c1-2-13-7(10-6-11-13)3-12(4-8(14)15)5-9(16)17/h6H,2-5H2,1H3,(H,14,15)(H,16,17). The molecule has 2 N–H and O–H groups in total. The summed E-state index contributed by atoms with van der Waals surface area (Å²) in [5, 5.41) is 21.3. The van der Waals surface area contributed by atoms with Gasteiger partial charge in [-0.3, -0.25) is 14.5 Å². The Morgan fingerprint density at radius 3 is 2.41 bits per heavy atom. The van der Waals surface area contributed by atoms with Crippen LogP contribution in [-0.4, -0.2) is 54.9 Å². The highest BCUT2D eigenvalue weighted by atomic mass is 16.4. The number of carbonyl (C=O) groups is 2. The van der Waals surface area contributed by atoms with Gasteiger partial charge in [-0.2, -0.15) is 5.10 Å². The van der Waals surface area contributed by atoms with Gasteiger partial charge in [0.1, 0.15) is 12.2 Å². The fourth-order valence-corrected chi connectivity index (χ4v) is 1.42. The molecular weight excluding hydrogens is 228 g/mol. The Labute approximate surface area is 97.5 Å². The predicted molar refractivity (Wildman–Crippen MR) is 56.2 cm³/mol. The van der Waals surface area contributed by atoms with Crippen LogP contribution in [0.25, 0.3) is 0 Å². The van der Waals surface area contributed by atoms with Crippen molar-refractivity contribution in [3.05, 3.63) is 12.2 Å². The highest BCUT2D eigenvalue weighted by Gasteiger charge is 2.16. The van der Waals surface area contributed by atoms with E-state index in [2.05, 4.69) is 10.1 Å². The molecule has 0 atom stereocenters. The third kappa shape index (κ3) is 4.19. The van der Waals surface area contributed by atoms with Crippen LogP contribution in [0.4, 0.5) is 0 Å². The third-order valence-electron chi connectivity index (χ3n) is 2.08. The fourth-order valence-electron chi connectivity index (χ4n) is 1.42. The summed E-state index contributed by atoms with van der Waals surface area (Å²) in [5.41, 5.74) is 0. The highest BCUT2D eigenvalue weighted by molar-refractivity contribution is 5.72. The van der Waals surface area contributed by atoms with Crippen LogP contribution >= 0.6 is 0 Å². The first-order valence-corrected chi connectivity index (χ1v) is 5.05. The SMILES string of the molecule is CCn1ncnc1CN(CC(=O)O)CC(=O)O. The van der Waals surface area contributed by atoms with Crippen LogP contribution in [0.3, 0.4) is 0 Å². The average molecular weight is 242 g/mol. The molecule has 8 nitrogen and oxygen atoms in total. The van der Waals surface area contributed by atoms with Crippen LogP contribution < -0.4 is 0 Å². The Balaban J connectivity index is 2.71. The van der Waals surface area contributed by atoms with Crippen molar-refractivity contribution in [3.63, 3.8) is 0 Å². The summed E-state index contributed by atoms with van der Waals surface area (Å²) in [7, 11) is 0. The molecule has 8 heteroatoms. The average Bonchev–Trinajstić information content (AvgIpc) is 2.62. The number of hydrogen-bond donors (Lipinski definition) is 2.